The average molecular weight is 554 g/mol. The summed E-state index contributed by atoms with van der Waals surface area (Å²) >= 11 is 5.86. The van der Waals surface area contributed by atoms with Crippen molar-refractivity contribution in [3.63, 3.8) is 0 Å². The number of halogens is 2. The van der Waals surface area contributed by atoms with Crippen molar-refractivity contribution in [2.24, 2.45) is 0 Å². The number of aliphatic hydroxyl groups excluding tert-OH is 1. The lowest BCUT2D eigenvalue weighted by atomic mass is 9.95. The number of methoxy groups -OCH3 is 1. The highest BCUT2D eigenvalue weighted by Crippen LogP contribution is 2.35. The van der Waals surface area contributed by atoms with Gasteiger partial charge in [-0.1, -0.05) is 12.1 Å². The Labute approximate surface area is 220 Å². The minimum Gasteiger partial charge on any atom is -0.479 e. The summed E-state index contributed by atoms with van der Waals surface area (Å²) < 4.78 is 32.1. The predicted octanol–water partition coefficient (Wildman–Crippen LogP) is 1.36. The number of ether oxygens (including phenoxy) is 3. The summed E-state index contributed by atoms with van der Waals surface area (Å²) in [6.07, 6.45) is -2.56. The van der Waals surface area contributed by atoms with Gasteiger partial charge in [-0.3, -0.25) is 9.36 Å². The highest BCUT2D eigenvalue weighted by Gasteiger charge is 2.44. The average Bonchev–Trinajstić information content (AvgIpc) is 3.50. The summed E-state index contributed by atoms with van der Waals surface area (Å²) in [6.45, 7) is -0.382. The molecule has 2 aromatic heterocycles. The number of esters is 1. The van der Waals surface area contributed by atoms with Crippen LogP contribution in [-0.4, -0.2) is 86.7 Å². The van der Waals surface area contributed by atoms with Crippen molar-refractivity contribution in [1.82, 2.24) is 19.5 Å². The molecule has 1 fully saturated rings. The molecule has 204 valence electrons. The second-order valence-corrected chi connectivity index (χ2v) is 8.43. The van der Waals surface area contributed by atoms with Crippen molar-refractivity contribution in [3.05, 3.63) is 47.0 Å². The molecule has 1 saturated heterocycles. The zero-order chi connectivity index (χ0) is 28.0. The maximum Gasteiger partial charge on any atom is 0.343 e. The number of aliphatic carboxylic acids is 1. The first-order chi connectivity index (χ1) is 18.2. The van der Waals surface area contributed by atoms with Crippen molar-refractivity contribution in [2.45, 2.75) is 36.9 Å². The molecule has 15 heteroatoms. The molecule has 4 rings (SSSR count). The van der Waals surface area contributed by atoms with Crippen LogP contribution in [0.2, 0.25) is 5.28 Å². The Morgan fingerprint density at radius 2 is 2.00 bits per heavy atom. The van der Waals surface area contributed by atoms with Crippen molar-refractivity contribution >= 4 is 46.8 Å². The van der Waals surface area contributed by atoms with Crippen LogP contribution in [0.5, 0.6) is 0 Å². The third-order valence-electron chi connectivity index (χ3n) is 5.75. The van der Waals surface area contributed by atoms with E-state index in [9.17, 15) is 23.9 Å². The molecule has 3 heterocycles. The van der Waals surface area contributed by atoms with Gasteiger partial charge in [0.1, 0.15) is 11.7 Å². The Balaban J connectivity index is 0.00000195. The maximum absolute atomic E-state index is 14.9. The van der Waals surface area contributed by atoms with E-state index in [0.29, 0.717) is 5.56 Å². The molecule has 13 nitrogen and oxygen atoms in total. The number of carbonyl (C=O) groups is 3. The van der Waals surface area contributed by atoms with Crippen molar-refractivity contribution in [1.29, 1.82) is 0 Å². The van der Waals surface area contributed by atoms with Crippen LogP contribution < -0.4 is 5.73 Å². The van der Waals surface area contributed by atoms with Gasteiger partial charge >= 0.3 is 11.9 Å². The van der Waals surface area contributed by atoms with E-state index in [0.717, 1.165) is 7.11 Å². The fraction of sp³-hybridized carbons (Fsp3) is 0.391. The summed E-state index contributed by atoms with van der Waals surface area (Å²) in [7, 11) is 2.23. The van der Waals surface area contributed by atoms with E-state index in [1.54, 1.807) is 0 Å². The van der Waals surface area contributed by atoms with Crippen LogP contribution in [0.3, 0.4) is 0 Å². The van der Waals surface area contributed by atoms with Crippen molar-refractivity contribution in [2.75, 3.05) is 26.6 Å². The number of carbonyl (C=O) groups excluding carboxylic acids is 2. The number of rotatable bonds is 9. The predicted molar refractivity (Wildman–Crippen MR) is 130 cm³/mol. The van der Waals surface area contributed by atoms with E-state index in [1.807, 2.05) is 0 Å². The van der Waals surface area contributed by atoms with Gasteiger partial charge in [-0.25, -0.2) is 19.0 Å². The molecule has 0 amide bonds. The number of aldehydes is 1. The smallest absolute Gasteiger partial charge is 0.343 e. The van der Waals surface area contributed by atoms with E-state index in [2.05, 4.69) is 19.7 Å². The Morgan fingerprint density at radius 3 is 2.61 bits per heavy atom. The highest BCUT2D eigenvalue weighted by molar-refractivity contribution is 6.28. The quantitative estimate of drug-likeness (QED) is 0.149. The van der Waals surface area contributed by atoms with Gasteiger partial charge in [0.25, 0.3) is 0 Å². The number of hydrogen-bond acceptors (Lipinski definition) is 11. The van der Waals surface area contributed by atoms with Gasteiger partial charge in [-0.2, -0.15) is 9.97 Å². The second kappa shape index (κ2) is 12.2. The first-order valence-corrected chi connectivity index (χ1v) is 11.5. The molecule has 1 aromatic carbocycles. The van der Waals surface area contributed by atoms with E-state index >= 15 is 0 Å². The molecule has 0 aliphatic carbocycles. The lowest BCUT2D eigenvalue weighted by Crippen LogP contribution is -2.47. The minimum atomic E-state index is -2.25. The standard InChI is InChI=1S/C22H21ClFN5O7.CH4O/c1-34-19(31)12-4-2-11(3-5-12)7-22(9-30,20(32)33)35-8-13-6-14(24)18(36-13)29-10-26-15-16(25)27-21(23)28-17(15)29;1-2/h2-5,9-10,13-14,18H,6-8H2,1H3,(H,32,33)(H2,25,27,28);2H,1H3. The number of aromatic nitrogens is 4. The Kier molecular flexibility index (Phi) is 9.27. The second-order valence-electron chi connectivity index (χ2n) is 8.09. The molecular weight excluding hydrogens is 529 g/mol. The zero-order valence-corrected chi connectivity index (χ0v) is 21.0. The number of carboxylic acids is 1. The van der Waals surface area contributed by atoms with Gasteiger partial charge in [-0.05, 0) is 29.3 Å². The Bertz CT molecular complexity index is 1310. The van der Waals surface area contributed by atoms with Gasteiger partial charge < -0.3 is 30.2 Å². The molecule has 0 radical (unpaired) electrons. The SMILES string of the molecule is CO.COC(=O)c1ccc(CC(C=O)(OCC2CC(F)C(n3cnc4c(N)nc(Cl)nc43)O2)C(=O)O)cc1. The third kappa shape index (κ3) is 5.88. The number of hydrogen-bond donors (Lipinski definition) is 3. The van der Waals surface area contributed by atoms with Crippen LogP contribution in [0.4, 0.5) is 10.2 Å². The van der Waals surface area contributed by atoms with E-state index in [1.165, 1.54) is 42.3 Å². The summed E-state index contributed by atoms with van der Waals surface area (Å²) in [4.78, 5) is 47.4. The van der Waals surface area contributed by atoms with E-state index < -0.39 is 36.0 Å². The van der Waals surface area contributed by atoms with Crippen molar-refractivity contribution in [3.8, 4) is 0 Å². The number of fused-ring (bicyclic) bond motifs is 1. The van der Waals surface area contributed by atoms with Gasteiger partial charge in [-0.15, -0.1) is 0 Å². The molecule has 0 bridgehead atoms. The van der Waals surface area contributed by atoms with Crippen LogP contribution in [0.15, 0.2) is 30.6 Å². The highest BCUT2D eigenvalue weighted by atomic mass is 35.5. The van der Waals surface area contributed by atoms with Crippen LogP contribution in [-0.2, 0) is 30.2 Å². The first kappa shape index (κ1) is 28.8. The summed E-state index contributed by atoms with van der Waals surface area (Å²) in [6, 6.07) is 5.85. The van der Waals surface area contributed by atoms with Crippen LogP contribution in [0, 0.1) is 0 Å². The number of nitrogens with two attached hydrogens (primary N) is 1. The number of nitrogens with zero attached hydrogens (tertiary/aromatic N) is 4. The van der Waals surface area contributed by atoms with Crippen LogP contribution in [0.25, 0.3) is 11.2 Å². The number of nitrogen functional groups attached to an aromatic ring is 1. The number of aliphatic hydroxyl groups is 1. The molecule has 0 spiro atoms. The molecule has 1 aliphatic heterocycles. The molecule has 0 saturated carbocycles. The lowest BCUT2D eigenvalue weighted by Gasteiger charge is -2.25. The lowest BCUT2D eigenvalue weighted by molar-refractivity contribution is -0.172. The minimum absolute atomic E-state index is 0.0221. The topological polar surface area (TPSA) is 189 Å². The van der Waals surface area contributed by atoms with Crippen LogP contribution >= 0.6 is 11.6 Å². The van der Waals surface area contributed by atoms with Crippen molar-refractivity contribution < 1.29 is 43.2 Å². The maximum atomic E-state index is 14.9. The first-order valence-electron chi connectivity index (χ1n) is 11.1. The summed E-state index contributed by atoms with van der Waals surface area (Å²) in [5.41, 5.74) is 4.60. The van der Waals surface area contributed by atoms with Gasteiger partial charge in [0.05, 0.1) is 31.7 Å². The van der Waals surface area contributed by atoms with Gasteiger partial charge in [0, 0.05) is 20.0 Å². The number of alkyl halides is 1. The number of anilines is 1. The third-order valence-corrected chi connectivity index (χ3v) is 5.91. The number of benzene rings is 1. The normalized spacial score (nSPS) is 20.3. The fourth-order valence-electron chi connectivity index (χ4n) is 3.89. The van der Waals surface area contributed by atoms with Crippen LogP contribution in [0.1, 0.15) is 28.6 Å². The molecule has 1 aliphatic rings. The number of imidazole rings is 1. The fourth-order valence-corrected chi connectivity index (χ4v) is 4.06. The van der Waals surface area contributed by atoms with Gasteiger partial charge in [0.15, 0.2) is 24.0 Å². The largest absolute Gasteiger partial charge is 0.479 e. The monoisotopic (exact) mass is 553 g/mol. The molecule has 4 unspecified atom stereocenters. The summed E-state index contributed by atoms with van der Waals surface area (Å²) in [5, 5.41) is 16.6. The molecular formula is C23H25ClFN5O8. The molecule has 3 aromatic rings. The number of carboxylic acid groups (broad SMARTS) is 1. The van der Waals surface area contributed by atoms with E-state index in [4.69, 9.17) is 31.9 Å². The van der Waals surface area contributed by atoms with E-state index in [-0.39, 0.29) is 53.6 Å². The molecule has 4 N–H and O–H groups in total. The Morgan fingerprint density at radius 1 is 1.32 bits per heavy atom. The zero-order valence-electron chi connectivity index (χ0n) is 20.3. The molecule has 4 atom stereocenters. The summed E-state index contributed by atoms with van der Waals surface area (Å²) in [5.74, 6) is -2.06. The molecule has 38 heavy (non-hydrogen) atoms. The Hall–Kier alpha value is -3.72. The van der Waals surface area contributed by atoms with Gasteiger partial charge in [0.2, 0.25) is 10.9 Å².